The first kappa shape index (κ1) is 13.9. The largest absolute Gasteiger partial charge is 0.474 e. The van der Waals surface area contributed by atoms with Gasteiger partial charge in [-0.1, -0.05) is 0 Å². The van der Waals surface area contributed by atoms with Crippen LogP contribution in [0.15, 0.2) is 16.8 Å². The van der Waals surface area contributed by atoms with Gasteiger partial charge in [0.1, 0.15) is 0 Å². The van der Waals surface area contributed by atoms with Crippen LogP contribution in [0, 0.1) is 0 Å². The molecule has 0 saturated heterocycles. The van der Waals surface area contributed by atoms with E-state index in [0.717, 1.165) is 0 Å². The minimum atomic E-state index is -3.33. The van der Waals surface area contributed by atoms with Crippen LogP contribution in [0.4, 0.5) is 0 Å². The summed E-state index contributed by atoms with van der Waals surface area (Å²) >= 11 is 1.63. The number of phosphoric ester groups is 1. The molecule has 0 atom stereocenters. The highest BCUT2D eigenvalue weighted by Gasteiger charge is 2.24. The molecule has 0 aliphatic heterocycles. The van der Waals surface area contributed by atoms with Crippen LogP contribution in [0.2, 0.25) is 0 Å². The maximum absolute atomic E-state index is 11.9. The van der Waals surface area contributed by atoms with Gasteiger partial charge in [0.05, 0.1) is 19.8 Å². The predicted molar refractivity (Wildman–Crippen MR) is 64.8 cm³/mol. The third-order valence-electron chi connectivity index (χ3n) is 1.79. The van der Waals surface area contributed by atoms with Crippen molar-refractivity contribution in [2.45, 2.75) is 20.3 Å². The van der Waals surface area contributed by atoms with Crippen LogP contribution in [0.5, 0.6) is 0 Å². The Bertz CT molecular complexity index is 316. The lowest BCUT2D eigenvalue weighted by atomic mass is 10.3. The molecular formula is C10H17O4PS. The van der Waals surface area contributed by atoms with Gasteiger partial charge in [-0.3, -0.25) is 13.6 Å². The summed E-state index contributed by atoms with van der Waals surface area (Å²) in [6, 6.07) is 2.01. The van der Waals surface area contributed by atoms with Crippen molar-refractivity contribution in [3.63, 3.8) is 0 Å². The van der Waals surface area contributed by atoms with Crippen molar-refractivity contribution in [3.8, 4) is 0 Å². The number of hydrogen-bond donors (Lipinski definition) is 0. The Labute approximate surface area is 100 Å². The van der Waals surface area contributed by atoms with Crippen LogP contribution >= 0.6 is 19.2 Å². The monoisotopic (exact) mass is 264 g/mol. The van der Waals surface area contributed by atoms with Gasteiger partial charge in [-0.2, -0.15) is 11.3 Å². The zero-order chi connectivity index (χ0) is 11.9. The van der Waals surface area contributed by atoms with Gasteiger partial charge < -0.3 is 0 Å². The molecule has 16 heavy (non-hydrogen) atoms. The fourth-order valence-electron chi connectivity index (χ4n) is 1.14. The number of rotatable bonds is 8. The van der Waals surface area contributed by atoms with E-state index in [2.05, 4.69) is 0 Å². The zero-order valence-corrected chi connectivity index (χ0v) is 11.3. The van der Waals surface area contributed by atoms with E-state index in [4.69, 9.17) is 13.6 Å². The highest BCUT2D eigenvalue weighted by Crippen LogP contribution is 2.49. The minimum Gasteiger partial charge on any atom is -0.287 e. The fraction of sp³-hybridized carbons (Fsp3) is 0.600. The van der Waals surface area contributed by atoms with E-state index in [9.17, 15) is 4.57 Å². The standard InChI is InChI=1S/C10H17O4PS/c1-3-12-15(11,13-4-2)14-7-5-10-6-8-16-9-10/h6,8-9H,3-5,7H2,1-2H3. The highest BCUT2D eigenvalue weighted by molar-refractivity contribution is 7.48. The molecule has 0 aliphatic carbocycles. The summed E-state index contributed by atoms with van der Waals surface area (Å²) in [7, 11) is -3.33. The molecule has 0 bridgehead atoms. The van der Waals surface area contributed by atoms with Crippen LogP contribution in [-0.2, 0) is 24.6 Å². The lowest BCUT2D eigenvalue weighted by Gasteiger charge is -2.15. The Kier molecular flexibility index (Phi) is 6.24. The quantitative estimate of drug-likeness (QED) is 0.674. The van der Waals surface area contributed by atoms with Crippen LogP contribution in [0.3, 0.4) is 0 Å². The summed E-state index contributed by atoms with van der Waals surface area (Å²) in [5, 5.41) is 4.04. The van der Waals surface area contributed by atoms with E-state index in [-0.39, 0.29) is 0 Å². The minimum absolute atomic E-state index is 0.315. The van der Waals surface area contributed by atoms with Crippen LogP contribution in [0.1, 0.15) is 19.4 Å². The van der Waals surface area contributed by atoms with Crippen molar-refractivity contribution in [1.82, 2.24) is 0 Å². The second kappa shape index (κ2) is 7.20. The first-order valence-electron chi connectivity index (χ1n) is 5.25. The molecule has 0 spiro atoms. The summed E-state index contributed by atoms with van der Waals surface area (Å²) in [5.74, 6) is 0. The van der Waals surface area contributed by atoms with Crippen molar-refractivity contribution in [2.24, 2.45) is 0 Å². The molecule has 1 aromatic rings. The number of hydrogen-bond acceptors (Lipinski definition) is 5. The Morgan fingerprint density at radius 2 is 1.94 bits per heavy atom. The van der Waals surface area contributed by atoms with Gasteiger partial charge in [-0.25, -0.2) is 4.57 Å². The Hall–Kier alpha value is -0.190. The third kappa shape index (κ3) is 4.76. The Morgan fingerprint density at radius 1 is 1.25 bits per heavy atom. The second-order valence-electron chi connectivity index (χ2n) is 3.00. The van der Waals surface area contributed by atoms with Crippen molar-refractivity contribution in [2.75, 3.05) is 19.8 Å². The molecule has 0 fully saturated rings. The van der Waals surface area contributed by atoms with E-state index in [0.29, 0.717) is 26.2 Å². The van der Waals surface area contributed by atoms with Crippen molar-refractivity contribution in [1.29, 1.82) is 0 Å². The third-order valence-corrected chi connectivity index (χ3v) is 4.17. The molecule has 0 aromatic carbocycles. The zero-order valence-electron chi connectivity index (χ0n) is 9.55. The molecule has 1 rings (SSSR count). The topological polar surface area (TPSA) is 44.8 Å². The van der Waals surface area contributed by atoms with E-state index in [1.807, 2.05) is 16.8 Å². The van der Waals surface area contributed by atoms with Gasteiger partial charge >= 0.3 is 7.82 Å². The molecule has 92 valence electrons. The van der Waals surface area contributed by atoms with E-state index < -0.39 is 7.82 Å². The molecule has 0 N–H and O–H groups in total. The number of phosphoric acid groups is 1. The molecule has 0 amide bonds. The van der Waals surface area contributed by atoms with Gasteiger partial charge in [-0.15, -0.1) is 0 Å². The molecule has 4 nitrogen and oxygen atoms in total. The second-order valence-corrected chi connectivity index (χ2v) is 5.45. The van der Waals surface area contributed by atoms with Gasteiger partial charge in [0.15, 0.2) is 0 Å². The first-order valence-corrected chi connectivity index (χ1v) is 7.65. The summed E-state index contributed by atoms with van der Waals surface area (Å²) in [6.45, 7) is 4.49. The van der Waals surface area contributed by atoms with Crippen LogP contribution < -0.4 is 0 Å². The Morgan fingerprint density at radius 3 is 2.44 bits per heavy atom. The first-order chi connectivity index (χ1) is 7.70. The maximum Gasteiger partial charge on any atom is 0.474 e. The Balaban J connectivity index is 2.35. The van der Waals surface area contributed by atoms with Crippen molar-refractivity contribution >= 4 is 19.2 Å². The smallest absolute Gasteiger partial charge is 0.287 e. The molecular weight excluding hydrogens is 247 g/mol. The molecule has 6 heteroatoms. The van der Waals surface area contributed by atoms with Crippen molar-refractivity contribution in [3.05, 3.63) is 22.4 Å². The molecule has 0 aliphatic rings. The number of thiophene rings is 1. The van der Waals surface area contributed by atoms with Gasteiger partial charge in [-0.05, 0) is 42.7 Å². The molecule has 0 saturated carbocycles. The lowest BCUT2D eigenvalue weighted by Crippen LogP contribution is -2.02. The molecule has 1 aromatic heterocycles. The summed E-state index contributed by atoms with van der Waals surface area (Å²) < 4.78 is 27.1. The van der Waals surface area contributed by atoms with E-state index in [1.54, 1.807) is 25.2 Å². The molecule has 1 heterocycles. The summed E-state index contributed by atoms with van der Waals surface area (Å²) in [6.07, 6.45) is 0.716. The summed E-state index contributed by atoms with van der Waals surface area (Å²) in [4.78, 5) is 0. The fourth-order valence-corrected chi connectivity index (χ4v) is 3.01. The van der Waals surface area contributed by atoms with Gasteiger partial charge in [0, 0.05) is 0 Å². The normalized spacial score (nSPS) is 11.9. The van der Waals surface area contributed by atoms with Crippen molar-refractivity contribution < 1.29 is 18.1 Å². The van der Waals surface area contributed by atoms with E-state index in [1.165, 1.54) is 5.56 Å². The predicted octanol–water partition coefficient (Wildman–Crippen LogP) is 3.49. The highest BCUT2D eigenvalue weighted by atomic mass is 32.1. The molecule has 0 radical (unpaired) electrons. The van der Waals surface area contributed by atoms with Gasteiger partial charge in [0.25, 0.3) is 0 Å². The molecule has 0 unspecified atom stereocenters. The lowest BCUT2D eigenvalue weighted by molar-refractivity contribution is 0.122. The average Bonchev–Trinajstić information content (AvgIpc) is 2.71. The average molecular weight is 264 g/mol. The van der Waals surface area contributed by atoms with Gasteiger partial charge in [0.2, 0.25) is 0 Å². The maximum atomic E-state index is 11.9. The van der Waals surface area contributed by atoms with Crippen LogP contribution in [-0.4, -0.2) is 19.8 Å². The SMILES string of the molecule is CCOP(=O)(OCC)OCCc1ccsc1. The summed E-state index contributed by atoms with van der Waals surface area (Å²) in [5.41, 5.74) is 1.17. The van der Waals surface area contributed by atoms with E-state index >= 15 is 0 Å². The van der Waals surface area contributed by atoms with Crippen LogP contribution in [0.25, 0.3) is 0 Å².